The zero-order chi connectivity index (χ0) is 25.3. The predicted molar refractivity (Wildman–Crippen MR) is 132 cm³/mol. The Morgan fingerprint density at radius 3 is 2.44 bits per heavy atom. The fraction of sp³-hybridized carbons (Fsp3) is 0.560. The van der Waals surface area contributed by atoms with Crippen molar-refractivity contribution in [3.05, 3.63) is 47.8 Å². The Morgan fingerprint density at radius 2 is 1.81 bits per heavy atom. The molecule has 2 aromatic heterocycles. The molecule has 2 aliphatic heterocycles. The number of benzene rings is 1. The summed E-state index contributed by atoms with van der Waals surface area (Å²) < 4.78 is 41.6. The van der Waals surface area contributed by atoms with Crippen LogP contribution in [-0.4, -0.2) is 73.3 Å². The number of imidazole rings is 1. The number of nitrogens with zero attached hydrogens (tertiary/aromatic N) is 6. The van der Waals surface area contributed by atoms with E-state index in [9.17, 15) is 18.3 Å². The van der Waals surface area contributed by atoms with Gasteiger partial charge in [0.25, 0.3) is 0 Å². The Bertz CT molecular complexity index is 1160. The van der Waals surface area contributed by atoms with Gasteiger partial charge in [-0.25, -0.2) is 4.98 Å². The number of likely N-dealkylation sites (tertiary alicyclic amines) is 2. The van der Waals surface area contributed by atoms with E-state index in [0.717, 1.165) is 86.8 Å². The van der Waals surface area contributed by atoms with Crippen LogP contribution in [0.25, 0.3) is 11.0 Å². The van der Waals surface area contributed by atoms with E-state index >= 15 is 0 Å². The number of hydrogen-bond donors (Lipinski definition) is 1. The summed E-state index contributed by atoms with van der Waals surface area (Å²) in [6, 6.07) is 5.96. The van der Waals surface area contributed by atoms with Crippen molar-refractivity contribution in [1.29, 1.82) is 0 Å². The van der Waals surface area contributed by atoms with Crippen molar-refractivity contribution >= 4 is 22.8 Å². The SMILES string of the molecule is CSc1nc2cc(C(F)(F)F)ccc2n1C1CCN(C(O)C2CCN(Cc3ccnnc3)CC2)CC1. The highest BCUT2D eigenvalue weighted by atomic mass is 32.2. The van der Waals surface area contributed by atoms with Crippen LogP contribution in [0.4, 0.5) is 13.2 Å². The molecule has 0 amide bonds. The first-order chi connectivity index (χ1) is 17.3. The van der Waals surface area contributed by atoms with Gasteiger partial charge in [-0.2, -0.15) is 23.4 Å². The molecule has 194 valence electrons. The molecule has 1 atom stereocenters. The van der Waals surface area contributed by atoms with Crippen LogP contribution in [0.5, 0.6) is 0 Å². The standard InChI is InChI=1S/C25H31F3N6OS/c1-36-24-31-21-14-19(25(26,27)28)2-3-22(21)34(24)20-7-12-33(13-8-20)23(35)18-5-10-32(11-6-18)16-17-4-9-29-30-15-17/h2-4,9,14-15,18,20,23,35H,5-8,10-13,16H2,1H3. The van der Waals surface area contributed by atoms with E-state index in [4.69, 9.17) is 0 Å². The maximum atomic E-state index is 13.2. The number of piperidine rings is 2. The van der Waals surface area contributed by atoms with Gasteiger partial charge in [0.1, 0.15) is 6.23 Å². The van der Waals surface area contributed by atoms with Crippen molar-refractivity contribution in [2.75, 3.05) is 32.4 Å². The van der Waals surface area contributed by atoms with Crippen LogP contribution in [0.15, 0.2) is 41.8 Å². The zero-order valence-corrected chi connectivity index (χ0v) is 21.0. The fourth-order valence-electron chi connectivity index (χ4n) is 5.54. The molecule has 1 unspecified atom stereocenters. The van der Waals surface area contributed by atoms with Crippen LogP contribution >= 0.6 is 11.8 Å². The molecule has 36 heavy (non-hydrogen) atoms. The van der Waals surface area contributed by atoms with Gasteiger partial charge >= 0.3 is 6.18 Å². The van der Waals surface area contributed by atoms with Crippen molar-refractivity contribution in [2.24, 2.45) is 5.92 Å². The van der Waals surface area contributed by atoms with E-state index in [1.807, 2.05) is 12.3 Å². The maximum absolute atomic E-state index is 13.2. The summed E-state index contributed by atoms with van der Waals surface area (Å²) in [5.41, 5.74) is 1.60. The second kappa shape index (κ2) is 10.6. The first kappa shape index (κ1) is 25.4. The molecule has 5 rings (SSSR count). The summed E-state index contributed by atoms with van der Waals surface area (Å²) >= 11 is 1.45. The molecule has 4 heterocycles. The molecule has 1 aromatic carbocycles. The summed E-state index contributed by atoms with van der Waals surface area (Å²) in [5.74, 6) is 0.241. The number of hydrogen-bond acceptors (Lipinski definition) is 7. The van der Waals surface area contributed by atoms with Crippen molar-refractivity contribution in [1.82, 2.24) is 29.5 Å². The van der Waals surface area contributed by atoms with Crippen LogP contribution in [0.3, 0.4) is 0 Å². The van der Waals surface area contributed by atoms with Crippen LogP contribution in [0.1, 0.15) is 42.9 Å². The largest absolute Gasteiger partial charge is 0.416 e. The Morgan fingerprint density at radius 1 is 1.06 bits per heavy atom. The molecule has 3 aromatic rings. The van der Waals surface area contributed by atoms with Crippen LogP contribution in [-0.2, 0) is 12.7 Å². The summed E-state index contributed by atoms with van der Waals surface area (Å²) in [7, 11) is 0. The molecule has 0 aliphatic carbocycles. The van der Waals surface area contributed by atoms with Crippen molar-refractivity contribution in [3.8, 4) is 0 Å². The second-order valence-electron chi connectivity index (χ2n) is 9.71. The zero-order valence-electron chi connectivity index (χ0n) is 20.2. The maximum Gasteiger partial charge on any atom is 0.416 e. The molecule has 0 spiro atoms. The molecule has 7 nitrogen and oxygen atoms in total. The first-order valence-electron chi connectivity index (χ1n) is 12.4. The van der Waals surface area contributed by atoms with E-state index in [2.05, 4.69) is 29.5 Å². The lowest BCUT2D eigenvalue weighted by Gasteiger charge is -2.41. The minimum Gasteiger partial charge on any atom is -0.378 e. The molecule has 0 saturated carbocycles. The molecular formula is C25H31F3N6OS. The highest BCUT2D eigenvalue weighted by Crippen LogP contribution is 2.36. The second-order valence-corrected chi connectivity index (χ2v) is 10.5. The number of rotatable bonds is 6. The predicted octanol–water partition coefficient (Wildman–Crippen LogP) is 4.43. The number of aromatic nitrogens is 4. The molecule has 0 bridgehead atoms. The molecular weight excluding hydrogens is 489 g/mol. The topological polar surface area (TPSA) is 70.3 Å². The highest BCUT2D eigenvalue weighted by Gasteiger charge is 2.34. The third-order valence-corrected chi connectivity index (χ3v) is 8.16. The lowest BCUT2D eigenvalue weighted by molar-refractivity contribution is -0.137. The van der Waals surface area contributed by atoms with Gasteiger partial charge in [0.2, 0.25) is 0 Å². The molecule has 0 radical (unpaired) electrons. The van der Waals surface area contributed by atoms with Gasteiger partial charge in [0.15, 0.2) is 5.16 Å². The monoisotopic (exact) mass is 520 g/mol. The van der Waals surface area contributed by atoms with E-state index < -0.39 is 18.0 Å². The number of aliphatic hydroxyl groups is 1. The summed E-state index contributed by atoms with van der Waals surface area (Å²) in [5, 5.41) is 19.6. The van der Waals surface area contributed by atoms with Gasteiger partial charge in [-0.3, -0.25) is 9.80 Å². The quantitative estimate of drug-likeness (QED) is 0.482. The lowest BCUT2D eigenvalue weighted by atomic mass is 9.92. The average molecular weight is 521 g/mol. The van der Waals surface area contributed by atoms with Crippen molar-refractivity contribution in [2.45, 2.75) is 55.8 Å². The van der Waals surface area contributed by atoms with E-state index in [1.54, 1.807) is 18.5 Å². The first-order valence-corrected chi connectivity index (χ1v) is 13.6. The molecule has 11 heteroatoms. The van der Waals surface area contributed by atoms with Crippen LogP contribution in [0.2, 0.25) is 0 Å². The number of aliphatic hydroxyl groups excluding tert-OH is 1. The van der Waals surface area contributed by atoms with Crippen molar-refractivity contribution in [3.63, 3.8) is 0 Å². The van der Waals surface area contributed by atoms with Crippen LogP contribution < -0.4 is 0 Å². The number of thioether (sulfide) groups is 1. The van der Waals surface area contributed by atoms with Gasteiger partial charge in [-0.05, 0) is 74.9 Å². The molecule has 1 N–H and O–H groups in total. The Balaban J connectivity index is 1.19. The fourth-order valence-corrected chi connectivity index (χ4v) is 6.17. The third kappa shape index (κ3) is 5.39. The highest BCUT2D eigenvalue weighted by molar-refractivity contribution is 7.98. The molecule has 2 fully saturated rings. The van der Waals surface area contributed by atoms with E-state index in [1.165, 1.54) is 11.8 Å². The number of halogens is 3. The van der Waals surface area contributed by atoms with Gasteiger partial charge in [0, 0.05) is 37.8 Å². The Kier molecular flexibility index (Phi) is 7.52. The summed E-state index contributed by atoms with van der Waals surface area (Å²) in [4.78, 5) is 9.06. The Hall–Kier alpha value is -2.21. The Labute approximate surface area is 212 Å². The van der Waals surface area contributed by atoms with Crippen LogP contribution in [0, 0.1) is 5.92 Å². The minimum absolute atomic E-state index is 0.147. The van der Waals surface area contributed by atoms with Gasteiger partial charge in [0.05, 0.1) is 22.8 Å². The third-order valence-electron chi connectivity index (χ3n) is 7.51. The molecule has 2 aliphatic rings. The van der Waals surface area contributed by atoms with E-state index in [-0.39, 0.29) is 12.0 Å². The molecule has 2 saturated heterocycles. The minimum atomic E-state index is -4.38. The van der Waals surface area contributed by atoms with Crippen molar-refractivity contribution < 1.29 is 18.3 Å². The van der Waals surface area contributed by atoms with Gasteiger partial charge in [-0.15, -0.1) is 0 Å². The summed E-state index contributed by atoms with van der Waals surface area (Å²) in [6.45, 7) is 4.24. The van der Waals surface area contributed by atoms with Gasteiger partial charge < -0.3 is 9.67 Å². The summed E-state index contributed by atoms with van der Waals surface area (Å²) in [6.07, 6.45) is 4.11. The number of fused-ring (bicyclic) bond motifs is 1. The lowest BCUT2D eigenvalue weighted by Crippen LogP contribution is -2.48. The smallest absolute Gasteiger partial charge is 0.378 e. The normalized spacial score (nSPS) is 20.2. The number of alkyl halides is 3. The van der Waals surface area contributed by atoms with Gasteiger partial charge in [-0.1, -0.05) is 11.8 Å². The van der Waals surface area contributed by atoms with E-state index in [0.29, 0.717) is 5.52 Å². The average Bonchev–Trinajstić information content (AvgIpc) is 3.27.